The molecule has 2 saturated heterocycles. The summed E-state index contributed by atoms with van der Waals surface area (Å²) < 4.78 is 5.30. The Morgan fingerprint density at radius 3 is 2.33 bits per heavy atom. The molecular weight excluding hydrogens is 230 g/mol. The molecule has 104 valence electrons. The van der Waals surface area contributed by atoms with E-state index in [1.165, 1.54) is 0 Å². The molecule has 2 aliphatic heterocycles. The standard InChI is InChI=1S/C13H25N3O2/c1-11(2)15-5-7-16(8-6-15)13(17)14-12-3-9-18-10-4-12/h11-12H,3-10H2,1-2H3,(H,14,17). The smallest absolute Gasteiger partial charge is 0.317 e. The highest BCUT2D eigenvalue weighted by molar-refractivity contribution is 5.74. The fourth-order valence-corrected chi connectivity index (χ4v) is 2.55. The third kappa shape index (κ3) is 3.59. The number of carbonyl (C=O) groups is 1. The molecule has 0 aromatic rings. The quantitative estimate of drug-likeness (QED) is 0.797. The SMILES string of the molecule is CC(C)N1CCN(C(=O)NC2CCOCC2)CC1. The molecule has 5 nitrogen and oxygen atoms in total. The van der Waals surface area contributed by atoms with E-state index in [-0.39, 0.29) is 6.03 Å². The van der Waals surface area contributed by atoms with Crippen molar-refractivity contribution in [2.45, 2.75) is 38.8 Å². The van der Waals surface area contributed by atoms with Crippen LogP contribution >= 0.6 is 0 Å². The number of rotatable bonds is 2. The van der Waals surface area contributed by atoms with E-state index in [2.05, 4.69) is 24.1 Å². The van der Waals surface area contributed by atoms with Crippen LogP contribution in [0.1, 0.15) is 26.7 Å². The van der Waals surface area contributed by atoms with E-state index in [4.69, 9.17) is 4.74 Å². The zero-order valence-corrected chi connectivity index (χ0v) is 11.5. The minimum absolute atomic E-state index is 0.102. The molecule has 5 heteroatoms. The van der Waals surface area contributed by atoms with Crippen LogP contribution in [0.25, 0.3) is 0 Å². The van der Waals surface area contributed by atoms with Gasteiger partial charge in [-0.3, -0.25) is 4.90 Å². The zero-order valence-electron chi connectivity index (χ0n) is 11.5. The molecule has 0 aromatic carbocycles. The number of ether oxygens (including phenoxy) is 1. The average molecular weight is 255 g/mol. The van der Waals surface area contributed by atoms with Gasteiger partial charge < -0.3 is 15.0 Å². The summed E-state index contributed by atoms with van der Waals surface area (Å²) >= 11 is 0. The van der Waals surface area contributed by atoms with Crippen LogP contribution in [0.3, 0.4) is 0 Å². The Morgan fingerprint density at radius 2 is 1.78 bits per heavy atom. The van der Waals surface area contributed by atoms with Gasteiger partial charge in [0.05, 0.1) is 0 Å². The van der Waals surface area contributed by atoms with Crippen molar-refractivity contribution in [2.24, 2.45) is 0 Å². The Labute approximate surface area is 109 Å². The van der Waals surface area contributed by atoms with Crippen LogP contribution in [0, 0.1) is 0 Å². The first-order chi connectivity index (χ1) is 8.66. The lowest BCUT2D eigenvalue weighted by molar-refractivity contribution is 0.0748. The number of hydrogen-bond acceptors (Lipinski definition) is 3. The third-order valence-electron chi connectivity index (χ3n) is 3.88. The number of nitrogens with one attached hydrogen (secondary N) is 1. The Bertz CT molecular complexity index is 269. The molecule has 2 fully saturated rings. The van der Waals surface area contributed by atoms with Gasteiger partial charge in [0, 0.05) is 51.5 Å². The maximum atomic E-state index is 12.1. The van der Waals surface area contributed by atoms with Gasteiger partial charge in [0.1, 0.15) is 0 Å². The summed E-state index contributed by atoms with van der Waals surface area (Å²) in [5.41, 5.74) is 0. The van der Waals surface area contributed by atoms with E-state index in [0.29, 0.717) is 12.1 Å². The van der Waals surface area contributed by atoms with E-state index in [1.54, 1.807) is 0 Å². The molecule has 0 bridgehead atoms. The van der Waals surface area contributed by atoms with Gasteiger partial charge in [-0.1, -0.05) is 0 Å². The highest BCUT2D eigenvalue weighted by Crippen LogP contribution is 2.09. The fraction of sp³-hybridized carbons (Fsp3) is 0.923. The summed E-state index contributed by atoms with van der Waals surface area (Å²) in [7, 11) is 0. The molecule has 0 saturated carbocycles. The van der Waals surface area contributed by atoms with Crippen LogP contribution in [0.15, 0.2) is 0 Å². The summed E-state index contributed by atoms with van der Waals surface area (Å²) in [5, 5.41) is 3.12. The highest BCUT2D eigenvalue weighted by atomic mass is 16.5. The van der Waals surface area contributed by atoms with Crippen LogP contribution in [-0.2, 0) is 4.74 Å². The van der Waals surface area contributed by atoms with Gasteiger partial charge in [0.2, 0.25) is 0 Å². The lowest BCUT2D eigenvalue weighted by Crippen LogP contribution is -2.55. The Morgan fingerprint density at radius 1 is 1.17 bits per heavy atom. The maximum Gasteiger partial charge on any atom is 0.317 e. The Balaban J connectivity index is 1.73. The summed E-state index contributed by atoms with van der Waals surface area (Å²) in [4.78, 5) is 16.5. The number of hydrogen-bond donors (Lipinski definition) is 1. The molecule has 0 aliphatic carbocycles. The molecule has 0 atom stereocenters. The number of nitrogens with zero attached hydrogens (tertiary/aromatic N) is 2. The van der Waals surface area contributed by atoms with E-state index in [0.717, 1.165) is 52.2 Å². The van der Waals surface area contributed by atoms with E-state index in [1.807, 2.05) is 4.90 Å². The van der Waals surface area contributed by atoms with Gasteiger partial charge in [0.25, 0.3) is 0 Å². The summed E-state index contributed by atoms with van der Waals surface area (Å²) in [5.74, 6) is 0. The monoisotopic (exact) mass is 255 g/mol. The van der Waals surface area contributed by atoms with Crippen LogP contribution in [0.5, 0.6) is 0 Å². The lowest BCUT2D eigenvalue weighted by atomic mass is 10.1. The average Bonchev–Trinajstić information content (AvgIpc) is 2.40. The molecule has 1 N–H and O–H groups in total. The molecule has 2 rings (SSSR count). The van der Waals surface area contributed by atoms with Crippen LogP contribution in [-0.4, -0.2) is 67.3 Å². The Hall–Kier alpha value is -0.810. The second-order valence-electron chi connectivity index (χ2n) is 5.45. The number of amides is 2. The molecule has 0 aromatic heterocycles. The summed E-state index contributed by atoms with van der Waals surface area (Å²) in [6.07, 6.45) is 1.88. The molecule has 2 aliphatic rings. The molecule has 0 unspecified atom stereocenters. The molecule has 0 spiro atoms. The topological polar surface area (TPSA) is 44.8 Å². The Kier molecular flexibility index (Phi) is 4.83. The largest absolute Gasteiger partial charge is 0.381 e. The van der Waals surface area contributed by atoms with Crippen molar-refractivity contribution in [1.29, 1.82) is 0 Å². The minimum Gasteiger partial charge on any atom is -0.381 e. The van der Waals surface area contributed by atoms with Gasteiger partial charge in [-0.05, 0) is 26.7 Å². The minimum atomic E-state index is 0.102. The number of urea groups is 1. The first kappa shape index (κ1) is 13.6. The van der Waals surface area contributed by atoms with Crippen molar-refractivity contribution in [3.8, 4) is 0 Å². The molecule has 2 heterocycles. The predicted molar refractivity (Wildman–Crippen MR) is 70.7 cm³/mol. The van der Waals surface area contributed by atoms with Gasteiger partial charge in [0.15, 0.2) is 0 Å². The molecule has 0 radical (unpaired) electrons. The van der Waals surface area contributed by atoms with Gasteiger partial charge in [-0.15, -0.1) is 0 Å². The third-order valence-corrected chi connectivity index (χ3v) is 3.88. The normalized spacial score (nSPS) is 23.4. The summed E-state index contributed by atoms with van der Waals surface area (Å²) in [6.45, 7) is 9.60. The number of carbonyl (C=O) groups excluding carboxylic acids is 1. The second-order valence-corrected chi connectivity index (χ2v) is 5.45. The van der Waals surface area contributed by atoms with Gasteiger partial charge >= 0.3 is 6.03 Å². The molecular formula is C13H25N3O2. The fourth-order valence-electron chi connectivity index (χ4n) is 2.55. The van der Waals surface area contributed by atoms with Crippen molar-refractivity contribution in [2.75, 3.05) is 39.4 Å². The second kappa shape index (κ2) is 6.38. The van der Waals surface area contributed by atoms with Crippen LogP contribution in [0.4, 0.5) is 4.79 Å². The number of piperazine rings is 1. The van der Waals surface area contributed by atoms with Gasteiger partial charge in [-0.2, -0.15) is 0 Å². The summed E-state index contributed by atoms with van der Waals surface area (Å²) in [6, 6.07) is 0.977. The van der Waals surface area contributed by atoms with Crippen molar-refractivity contribution in [3.05, 3.63) is 0 Å². The van der Waals surface area contributed by atoms with E-state index in [9.17, 15) is 4.79 Å². The van der Waals surface area contributed by atoms with Crippen molar-refractivity contribution >= 4 is 6.03 Å². The van der Waals surface area contributed by atoms with Crippen LogP contribution in [0.2, 0.25) is 0 Å². The van der Waals surface area contributed by atoms with Crippen LogP contribution < -0.4 is 5.32 Å². The first-order valence-electron chi connectivity index (χ1n) is 7.04. The van der Waals surface area contributed by atoms with Crippen molar-refractivity contribution in [1.82, 2.24) is 15.1 Å². The molecule has 2 amide bonds. The first-order valence-corrected chi connectivity index (χ1v) is 7.04. The van der Waals surface area contributed by atoms with E-state index >= 15 is 0 Å². The predicted octanol–water partition coefficient (Wildman–Crippen LogP) is 0.901. The van der Waals surface area contributed by atoms with Gasteiger partial charge in [-0.25, -0.2) is 4.79 Å². The van der Waals surface area contributed by atoms with E-state index < -0.39 is 0 Å². The maximum absolute atomic E-state index is 12.1. The zero-order chi connectivity index (χ0) is 13.0. The lowest BCUT2D eigenvalue weighted by Gasteiger charge is -2.37. The van der Waals surface area contributed by atoms with Crippen molar-refractivity contribution in [3.63, 3.8) is 0 Å². The van der Waals surface area contributed by atoms with Crippen molar-refractivity contribution < 1.29 is 9.53 Å². The highest BCUT2D eigenvalue weighted by Gasteiger charge is 2.24. The molecule has 18 heavy (non-hydrogen) atoms.